The highest BCUT2D eigenvalue weighted by molar-refractivity contribution is 6.30. The molecule has 1 heterocycles. The van der Waals surface area contributed by atoms with Gasteiger partial charge in [-0.3, -0.25) is 0 Å². The number of pyridine rings is 1. The van der Waals surface area contributed by atoms with Gasteiger partial charge < -0.3 is 0 Å². The van der Waals surface area contributed by atoms with Gasteiger partial charge in [0.05, 0.1) is 5.56 Å². The topological polar surface area (TPSA) is 36.7 Å². The van der Waals surface area contributed by atoms with Crippen LogP contribution in [0.4, 0.5) is 4.39 Å². The Bertz CT molecular complexity index is 558. The average Bonchev–Trinajstić information content (AvgIpc) is 2.31. The van der Waals surface area contributed by atoms with Crippen molar-refractivity contribution in [3.8, 4) is 17.2 Å². The number of hydrogen-bond acceptors (Lipinski definition) is 2. The minimum absolute atomic E-state index is 0.174. The molecular formula is C12H6ClFN2. The minimum atomic E-state index is -0.300. The van der Waals surface area contributed by atoms with E-state index >= 15 is 0 Å². The first kappa shape index (κ1) is 10.6. The van der Waals surface area contributed by atoms with Crippen LogP contribution >= 0.6 is 11.6 Å². The monoisotopic (exact) mass is 232 g/mol. The van der Waals surface area contributed by atoms with Crippen molar-refractivity contribution in [1.29, 1.82) is 5.26 Å². The van der Waals surface area contributed by atoms with Crippen molar-refractivity contribution in [3.63, 3.8) is 0 Å². The molecule has 0 aliphatic carbocycles. The normalized spacial score (nSPS) is 9.81. The molecule has 78 valence electrons. The van der Waals surface area contributed by atoms with Gasteiger partial charge in [0.2, 0.25) is 0 Å². The molecule has 2 aromatic rings. The van der Waals surface area contributed by atoms with Crippen LogP contribution in [0.5, 0.6) is 0 Å². The highest BCUT2D eigenvalue weighted by Crippen LogP contribution is 2.22. The fourth-order valence-corrected chi connectivity index (χ4v) is 1.47. The van der Waals surface area contributed by atoms with Crippen LogP contribution in [0.2, 0.25) is 5.15 Å². The van der Waals surface area contributed by atoms with Gasteiger partial charge in [0.1, 0.15) is 17.0 Å². The van der Waals surface area contributed by atoms with Crippen molar-refractivity contribution in [2.24, 2.45) is 0 Å². The lowest BCUT2D eigenvalue weighted by Gasteiger charge is -2.02. The Balaban J connectivity index is 2.49. The minimum Gasteiger partial charge on any atom is -0.243 e. The molecule has 0 saturated heterocycles. The first-order valence-corrected chi connectivity index (χ1v) is 4.90. The maximum atomic E-state index is 12.7. The number of aromatic nitrogens is 1. The van der Waals surface area contributed by atoms with Gasteiger partial charge in [-0.15, -0.1) is 0 Å². The number of benzene rings is 1. The number of nitrogens with zero attached hydrogens (tertiary/aromatic N) is 2. The fraction of sp³-hybridized carbons (Fsp3) is 0. The maximum Gasteiger partial charge on any atom is 0.146 e. The summed E-state index contributed by atoms with van der Waals surface area (Å²) in [7, 11) is 0. The molecule has 0 bridgehead atoms. The molecule has 0 saturated carbocycles. The summed E-state index contributed by atoms with van der Waals surface area (Å²) in [5.41, 5.74) is 1.84. The Morgan fingerprint density at radius 3 is 2.50 bits per heavy atom. The predicted octanol–water partition coefficient (Wildman–Crippen LogP) is 3.41. The Hall–Kier alpha value is -1.92. The van der Waals surface area contributed by atoms with E-state index in [9.17, 15) is 4.39 Å². The second-order valence-electron chi connectivity index (χ2n) is 3.18. The highest BCUT2D eigenvalue weighted by atomic mass is 35.5. The van der Waals surface area contributed by atoms with Crippen molar-refractivity contribution in [1.82, 2.24) is 4.98 Å². The second kappa shape index (κ2) is 4.30. The van der Waals surface area contributed by atoms with Crippen molar-refractivity contribution in [2.45, 2.75) is 0 Å². The molecule has 16 heavy (non-hydrogen) atoms. The third-order valence-electron chi connectivity index (χ3n) is 2.14. The lowest BCUT2D eigenvalue weighted by atomic mass is 10.1. The Morgan fingerprint density at radius 1 is 1.19 bits per heavy atom. The van der Waals surface area contributed by atoms with Crippen molar-refractivity contribution in [2.75, 3.05) is 0 Å². The van der Waals surface area contributed by atoms with E-state index in [0.717, 1.165) is 11.1 Å². The third-order valence-corrected chi connectivity index (χ3v) is 2.44. The summed E-state index contributed by atoms with van der Waals surface area (Å²) in [5.74, 6) is -0.300. The van der Waals surface area contributed by atoms with E-state index in [0.29, 0.717) is 5.56 Å². The summed E-state index contributed by atoms with van der Waals surface area (Å²) >= 11 is 5.72. The average molecular weight is 233 g/mol. The van der Waals surface area contributed by atoms with E-state index in [1.54, 1.807) is 24.4 Å². The molecule has 1 aromatic heterocycles. The molecule has 0 radical (unpaired) electrons. The van der Waals surface area contributed by atoms with Gasteiger partial charge in [-0.05, 0) is 23.8 Å². The Kier molecular flexibility index (Phi) is 2.84. The smallest absolute Gasteiger partial charge is 0.146 e. The largest absolute Gasteiger partial charge is 0.243 e. The molecule has 0 fully saturated rings. The highest BCUT2D eigenvalue weighted by Gasteiger charge is 2.04. The summed E-state index contributed by atoms with van der Waals surface area (Å²) in [6, 6.07) is 9.54. The van der Waals surface area contributed by atoms with E-state index in [2.05, 4.69) is 4.98 Å². The first-order chi connectivity index (χ1) is 7.70. The molecule has 0 amide bonds. The molecule has 0 N–H and O–H groups in total. The Labute approximate surface area is 96.9 Å². The number of halogens is 2. The molecule has 0 aliphatic rings. The number of rotatable bonds is 1. The van der Waals surface area contributed by atoms with E-state index < -0.39 is 0 Å². The van der Waals surface area contributed by atoms with Crippen LogP contribution in [0.3, 0.4) is 0 Å². The molecule has 2 rings (SSSR count). The van der Waals surface area contributed by atoms with E-state index in [4.69, 9.17) is 16.9 Å². The van der Waals surface area contributed by atoms with Gasteiger partial charge in [0.15, 0.2) is 0 Å². The van der Waals surface area contributed by atoms with Gasteiger partial charge in [-0.2, -0.15) is 5.26 Å². The van der Waals surface area contributed by atoms with E-state index in [-0.39, 0.29) is 11.0 Å². The van der Waals surface area contributed by atoms with Crippen LogP contribution in [0.25, 0.3) is 11.1 Å². The summed E-state index contributed by atoms with van der Waals surface area (Å²) in [6.45, 7) is 0. The van der Waals surface area contributed by atoms with Crippen LogP contribution in [-0.2, 0) is 0 Å². The zero-order valence-electron chi connectivity index (χ0n) is 8.11. The molecule has 4 heteroatoms. The quantitative estimate of drug-likeness (QED) is 0.707. The van der Waals surface area contributed by atoms with Crippen molar-refractivity contribution in [3.05, 3.63) is 53.1 Å². The molecule has 0 spiro atoms. The first-order valence-electron chi connectivity index (χ1n) is 4.52. The lowest BCUT2D eigenvalue weighted by molar-refractivity contribution is 0.628. The second-order valence-corrected chi connectivity index (χ2v) is 3.54. The molecule has 0 aliphatic heterocycles. The van der Waals surface area contributed by atoms with Gasteiger partial charge in [0.25, 0.3) is 0 Å². The van der Waals surface area contributed by atoms with Crippen LogP contribution in [0.15, 0.2) is 36.5 Å². The van der Waals surface area contributed by atoms with Gasteiger partial charge in [-0.25, -0.2) is 9.37 Å². The molecule has 2 nitrogen and oxygen atoms in total. The van der Waals surface area contributed by atoms with Crippen LogP contribution < -0.4 is 0 Å². The van der Waals surface area contributed by atoms with E-state index in [1.165, 1.54) is 12.1 Å². The number of hydrogen-bond donors (Lipinski definition) is 0. The Morgan fingerprint density at radius 2 is 1.88 bits per heavy atom. The van der Waals surface area contributed by atoms with Crippen LogP contribution in [-0.4, -0.2) is 4.98 Å². The van der Waals surface area contributed by atoms with Crippen LogP contribution in [0.1, 0.15) is 5.56 Å². The van der Waals surface area contributed by atoms with Gasteiger partial charge in [0, 0.05) is 11.8 Å². The zero-order valence-corrected chi connectivity index (χ0v) is 8.87. The third kappa shape index (κ3) is 2.02. The summed E-state index contributed by atoms with van der Waals surface area (Å²) < 4.78 is 12.7. The van der Waals surface area contributed by atoms with Crippen LogP contribution in [0, 0.1) is 17.1 Å². The summed E-state index contributed by atoms with van der Waals surface area (Å²) in [4.78, 5) is 3.90. The SMILES string of the molecule is N#Cc1cc(-c2ccc(F)cc2)cnc1Cl. The molecule has 0 unspecified atom stereocenters. The van der Waals surface area contributed by atoms with Crippen molar-refractivity contribution < 1.29 is 4.39 Å². The van der Waals surface area contributed by atoms with Gasteiger partial charge >= 0.3 is 0 Å². The summed E-state index contributed by atoms with van der Waals surface area (Å²) in [5, 5.41) is 8.97. The zero-order chi connectivity index (χ0) is 11.5. The number of nitriles is 1. The molecule has 1 aromatic carbocycles. The lowest BCUT2D eigenvalue weighted by Crippen LogP contribution is -1.86. The summed E-state index contributed by atoms with van der Waals surface area (Å²) in [6.07, 6.45) is 1.55. The predicted molar refractivity (Wildman–Crippen MR) is 59.4 cm³/mol. The fourth-order valence-electron chi connectivity index (χ4n) is 1.33. The maximum absolute atomic E-state index is 12.7. The molecule has 0 atom stereocenters. The van der Waals surface area contributed by atoms with Gasteiger partial charge in [-0.1, -0.05) is 23.7 Å². The molecular weight excluding hydrogens is 227 g/mol. The van der Waals surface area contributed by atoms with E-state index in [1.807, 2.05) is 6.07 Å². The standard InChI is InChI=1S/C12H6ClFN2/c13-12-9(6-15)5-10(7-16-12)8-1-3-11(14)4-2-8/h1-5,7H. The van der Waals surface area contributed by atoms with Crippen molar-refractivity contribution >= 4 is 11.6 Å².